The molecule has 1 aliphatic heterocycles. The number of carbonyl (C=O) groups excluding carboxylic acids is 2. The zero-order chi connectivity index (χ0) is 32.2. The van der Waals surface area contributed by atoms with Crippen molar-refractivity contribution >= 4 is 34.9 Å². The molecule has 3 aromatic carbocycles. The van der Waals surface area contributed by atoms with E-state index < -0.39 is 35.1 Å². The minimum atomic E-state index is -4.60. The van der Waals surface area contributed by atoms with Crippen LogP contribution in [0, 0.1) is 5.82 Å². The molecule has 1 heterocycles. The van der Waals surface area contributed by atoms with E-state index in [9.17, 15) is 22.8 Å². The van der Waals surface area contributed by atoms with Gasteiger partial charge in [-0.25, -0.2) is 4.39 Å². The Hall–Kier alpha value is -3.99. The Morgan fingerprint density at radius 1 is 1.02 bits per heavy atom. The largest absolute Gasteiger partial charge is 0.497 e. The van der Waals surface area contributed by atoms with Gasteiger partial charge in [0.05, 0.1) is 19.3 Å². The van der Waals surface area contributed by atoms with Gasteiger partial charge >= 0.3 is 12.1 Å². The van der Waals surface area contributed by atoms with E-state index in [1.54, 1.807) is 39.0 Å². The van der Waals surface area contributed by atoms with Gasteiger partial charge in [0.15, 0.2) is 0 Å². The quantitative estimate of drug-likeness (QED) is 0.139. The van der Waals surface area contributed by atoms with Crippen LogP contribution in [0.2, 0.25) is 5.02 Å². The Labute approximate surface area is 258 Å². The van der Waals surface area contributed by atoms with Gasteiger partial charge < -0.3 is 24.4 Å². The van der Waals surface area contributed by atoms with Crippen molar-refractivity contribution in [1.29, 1.82) is 0 Å². The smallest absolute Gasteiger partial charge is 0.416 e. The number of esters is 1. The summed E-state index contributed by atoms with van der Waals surface area (Å²) in [6.07, 6.45) is -3.74. The van der Waals surface area contributed by atoms with E-state index in [4.69, 9.17) is 25.8 Å². The number of amides is 1. The van der Waals surface area contributed by atoms with Crippen molar-refractivity contribution in [3.05, 3.63) is 82.1 Å². The summed E-state index contributed by atoms with van der Waals surface area (Å²) in [7, 11) is 1.44. The van der Waals surface area contributed by atoms with Crippen LogP contribution in [0.3, 0.4) is 0 Å². The van der Waals surface area contributed by atoms with Crippen molar-refractivity contribution < 1.29 is 41.4 Å². The molecule has 7 nitrogen and oxygen atoms in total. The van der Waals surface area contributed by atoms with Crippen molar-refractivity contribution in [2.75, 3.05) is 30.5 Å². The monoisotopic (exact) mass is 636 g/mol. The summed E-state index contributed by atoms with van der Waals surface area (Å²) in [4.78, 5) is 27.2. The fourth-order valence-electron chi connectivity index (χ4n) is 4.77. The first kappa shape index (κ1) is 32.9. The maximum absolute atomic E-state index is 15.2. The van der Waals surface area contributed by atoms with Crippen molar-refractivity contribution in [3.63, 3.8) is 0 Å². The highest BCUT2D eigenvalue weighted by molar-refractivity contribution is 6.30. The van der Waals surface area contributed by atoms with Crippen LogP contribution in [0.5, 0.6) is 11.5 Å². The van der Waals surface area contributed by atoms with Gasteiger partial charge in [0.1, 0.15) is 29.0 Å². The molecule has 1 N–H and O–H groups in total. The molecule has 1 atom stereocenters. The zero-order valence-corrected chi connectivity index (χ0v) is 25.4. The van der Waals surface area contributed by atoms with Crippen LogP contribution in [0.1, 0.15) is 56.3 Å². The van der Waals surface area contributed by atoms with Crippen molar-refractivity contribution in [2.24, 2.45) is 0 Å². The van der Waals surface area contributed by atoms with Crippen LogP contribution in [0.15, 0.2) is 54.6 Å². The van der Waals surface area contributed by atoms with Gasteiger partial charge in [-0.2, -0.15) is 13.2 Å². The van der Waals surface area contributed by atoms with E-state index in [2.05, 4.69) is 5.32 Å². The number of carbonyl (C=O) groups is 2. The number of rotatable bonds is 10. The summed E-state index contributed by atoms with van der Waals surface area (Å²) in [5, 5.41) is 3.14. The highest BCUT2D eigenvalue weighted by Gasteiger charge is 2.36. The highest BCUT2D eigenvalue weighted by atomic mass is 35.5. The van der Waals surface area contributed by atoms with E-state index in [0.717, 1.165) is 18.2 Å². The number of hydrogen-bond acceptors (Lipinski definition) is 6. The fourth-order valence-corrected chi connectivity index (χ4v) is 4.93. The number of ether oxygens (including phenoxy) is 3. The van der Waals surface area contributed by atoms with Crippen LogP contribution in [-0.2, 0) is 26.9 Å². The van der Waals surface area contributed by atoms with Crippen LogP contribution in [0.4, 0.5) is 28.9 Å². The van der Waals surface area contributed by atoms with Gasteiger partial charge in [-0.15, -0.1) is 0 Å². The zero-order valence-electron chi connectivity index (χ0n) is 24.7. The number of anilines is 2. The predicted octanol–water partition coefficient (Wildman–Crippen LogP) is 7.75. The molecule has 0 fully saturated rings. The van der Waals surface area contributed by atoms with E-state index in [0.29, 0.717) is 35.6 Å². The average Bonchev–Trinajstić information content (AvgIpc) is 3.36. The summed E-state index contributed by atoms with van der Waals surface area (Å²) in [6, 6.07) is 10.5. The third kappa shape index (κ3) is 8.34. The minimum Gasteiger partial charge on any atom is -0.497 e. The summed E-state index contributed by atoms with van der Waals surface area (Å²) in [5.41, 5.74) is -0.527. The number of nitrogens with zero attached hydrogens (tertiary/aromatic N) is 1. The van der Waals surface area contributed by atoms with E-state index >= 15 is 4.39 Å². The summed E-state index contributed by atoms with van der Waals surface area (Å²) in [6.45, 7) is 5.63. The summed E-state index contributed by atoms with van der Waals surface area (Å²) in [5.74, 6) is -1.08. The maximum Gasteiger partial charge on any atom is 0.416 e. The SMILES string of the molecule is COc1cc(NC(C(=O)N2CCc3ccc(C(F)(F)F)cc32)c2ccc(Cl)cc2F)cc(OCCCC(=O)OC(C)(C)C)c1. The van der Waals surface area contributed by atoms with Crippen LogP contribution < -0.4 is 19.7 Å². The first-order chi connectivity index (χ1) is 20.6. The molecule has 12 heteroatoms. The van der Waals surface area contributed by atoms with Crippen molar-refractivity contribution in [2.45, 2.75) is 57.9 Å². The van der Waals surface area contributed by atoms with Crippen molar-refractivity contribution in [3.8, 4) is 11.5 Å². The van der Waals surface area contributed by atoms with Crippen LogP contribution in [0.25, 0.3) is 0 Å². The molecule has 1 aliphatic rings. The Bertz CT molecular complexity index is 1520. The molecule has 3 aromatic rings. The number of nitrogens with one attached hydrogen (secondary N) is 1. The molecular weight excluding hydrogens is 604 g/mol. The van der Waals surface area contributed by atoms with Gasteiger partial charge in [0, 0.05) is 53.1 Å². The first-order valence-corrected chi connectivity index (χ1v) is 14.3. The highest BCUT2D eigenvalue weighted by Crippen LogP contribution is 2.38. The Morgan fingerprint density at radius 2 is 1.75 bits per heavy atom. The standard InChI is InChI=1S/C32H33ClF4N2O5/c1-31(2,3)44-28(40)6-5-13-43-24-17-22(16-23(18-24)42-4)38-29(25-10-9-21(33)15-26(25)34)30(41)39-12-11-19-7-8-20(14-27(19)39)32(35,36)37/h7-10,14-18,29,38H,5-6,11-13H2,1-4H3. The second kappa shape index (κ2) is 13.3. The van der Waals surface area contributed by atoms with Gasteiger partial charge in [0.2, 0.25) is 0 Å². The number of alkyl halides is 3. The molecule has 1 unspecified atom stereocenters. The van der Waals surface area contributed by atoms with Crippen molar-refractivity contribution in [1.82, 2.24) is 0 Å². The summed E-state index contributed by atoms with van der Waals surface area (Å²) >= 11 is 5.96. The molecule has 0 bridgehead atoms. The Kier molecular flexibility index (Phi) is 9.98. The molecule has 0 saturated carbocycles. The molecule has 4 rings (SSSR count). The molecular formula is C32H33ClF4N2O5. The normalized spacial score (nSPS) is 13.7. The van der Waals surface area contributed by atoms with E-state index in [1.165, 1.54) is 30.2 Å². The molecule has 0 saturated heterocycles. The second-order valence-electron chi connectivity index (χ2n) is 11.3. The lowest BCUT2D eigenvalue weighted by Crippen LogP contribution is -2.37. The van der Waals surface area contributed by atoms with Gasteiger partial charge in [-0.1, -0.05) is 23.7 Å². The topological polar surface area (TPSA) is 77.1 Å². The van der Waals surface area contributed by atoms with E-state index in [-0.39, 0.29) is 41.8 Å². The fraction of sp³-hybridized carbons (Fsp3) is 0.375. The number of fused-ring (bicyclic) bond motifs is 1. The molecule has 236 valence electrons. The number of methoxy groups -OCH3 is 1. The number of benzene rings is 3. The maximum atomic E-state index is 15.2. The molecule has 0 aliphatic carbocycles. The molecule has 0 spiro atoms. The van der Waals surface area contributed by atoms with Gasteiger partial charge in [0.25, 0.3) is 5.91 Å². The minimum absolute atomic E-state index is 0.0533. The number of hydrogen-bond donors (Lipinski definition) is 1. The number of halogens is 5. The Morgan fingerprint density at radius 3 is 2.41 bits per heavy atom. The van der Waals surface area contributed by atoms with E-state index in [1.807, 2.05) is 0 Å². The lowest BCUT2D eigenvalue weighted by atomic mass is 10.0. The molecule has 0 radical (unpaired) electrons. The van der Waals surface area contributed by atoms with Crippen LogP contribution in [-0.4, -0.2) is 37.7 Å². The first-order valence-electron chi connectivity index (χ1n) is 13.9. The molecule has 44 heavy (non-hydrogen) atoms. The second-order valence-corrected chi connectivity index (χ2v) is 11.7. The molecule has 0 aromatic heterocycles. The third-order valence-corrected chi connectivity index (χ3v) is 6.97. The van der Waals surface area contributed by atoms with Crippen LogP contribution >= 0.6 is 11.6 Å². The lowest BCUT2D eigenvalue weighted by Gasteiger charge is -2.27. The summed E-state index contributed by atoms with van der Waals surface area (Å²) < 4.78 is 72.2. The molecule has 1 amide bonds. The predicted molar refractivity (Wildman–Crippen MR) is 159 cm³/mol. The third-order valence-electron chi connectivity index (χ3n) is 6.74. The average molecular weight is 637 g/mol. The lowest BCUT2D eigenvalue weighted by molar-refractivity contribution is -0.155. The van der Waals surface area contributed by atoms with Gasteiger partial charge in [-0.05, 0) is 63.4 Å². The Balaban J connectivity index is 1.60. The van der Waals surface area contributed by atoms with Gasteiger partial charge in [-0.3, -0.25) is 9.59 Å².